The van der Waals surface area contributed by atoms with Crippen molar-refractivity contribution in [3.05, 3.63) is 0 Å². The second-order valence-electron chi connectivity index (χ2n) is 5.68. The third-order valence-corrected chi connectivity index (χ3v) is 3.64. The van der Waals surface area contributed by atoms with E-state index in [9.17, 15) is 4.79 Å². The Morgan fingerprint density at radius 1 is 1.47 bits per heavy atom. The summed E-state index contributed by atoms with van der Waals surface area (Å²) >= 11 is 0. The molecule has 0 saturated carbocycles. The first kappa shape index (κ1) is 14.5. The molecule has 0 radical (unpaired) electrons. The van der Waals surface area contributed by atoms with Crippen LogP contribution >= 0.6 is 0 Å². The summed E-state index contributed by atoms with van der Waals surface area (Å²) in [6, 6.07) is 0.710. The van der Waals surface area contributed by atoms with Crippen LogP contribution in [0.1, 0.15) is 33.1 Å². The molecule has 0 aromatic carbocycles. The van der Waals surface area contributed by atoms with Gasteiger partial charge >= 0.3 is 0 Å². The summed E-state index contributed by atoms with van der Waals surface area (Å²) in [4.78, 5) is 16.2. The molecule has 1 amide bonds. The van der Waals surface area contributed by atoms with E-state index in [4.69, 9.17) is 5.73 Å². The maximum absolute atomic E-state index is 12.0. The average Bonchev–Trinajstić information content (AvgIpc) is 2.59. The summed E-state index contributed by atoms with van der Waals surface area (Å²) in [5.41, 5.74) is 5.68. The van der Waals surface area contributed by atoms with Crippen molar-refractivity contribution in [1.29, 1.82) is 0 Å². The molecule has 4 heteroatoms. The monoisotopic (exact) mass is 241 g/mol. The zero-order valence-corrected chi connectivity index (χ0v) is 11.6. The van der Waals surface area contributed by atoms with Crippen molar-refractivity contribution in [2.75, 3.05) is 27.2 Å². The molecule has 4 nitrogen and oxygen atoms in total. The Morgan fingerprint density at radius 2 is 2.12 bits per heavy atom. The fraction of sp³-hybridized carbons (Fsp3) is 0.923. The van der Waals surface area contributed by atoms with Gasteiger partial charge in [-0.1, -0.05) is 6.92 Å². The van der Waals surface area contributed by atoms with Crippen molar-refractivity contribution in [1.82, 2.24) is 9.80 Å². The van der Waals surface area contributed by atoms with Gasteiger partial charge in [0.05, 0.1) is 0 Å². The SMILES string of the molecule is CC(N)CCCC(=O)N1CC(C)C(N(C)C)C1. The lowest BCUT2D eigenvalue weighted by atomic mass is 10.1. The van der Waals surface area contributed by atoms with Gasteiger partial charge in [-0.15, -0.1) is 0 Å². The first-order chi connectivity index (χ1) is 7.91. The lowest BCUT2D eigenvalue weighted by Gasteiger charge is -2.22. The lowest BCUT2D eigenvalue weighted by Crippen LogP contribution is -2.35. The normalized spacial score (nSPS) is 26.6. The van der Waals surface area contributed by atoms with Crippen LogP contribution in [0.15, 0.2) is 0 Å². The highest BCUT2D eigenvalue weighted by Crippen LogP contribution is 2.21. The molecule has 1 heterocycles. The molecule has 0 aromatic rings. The molecule has 17 heavy (non-hydrogen) atoms. The van der Waals surface area contributed by atoms with Crippen molar-refractivity contribution >= 4 is 5.91 Å². The van der Waals surface area contributed by atoms with Crippen LogP contribution in [0.3, 0.4) is 0 Å². The van der Waals surface area contributed by atoms with Gasteiger partial charge < -0.3 is 15.5 Å². The largest absolute Gasteiger partial charge is 0.341 e. The summed E-state index contributed by atoms with van der Waals surface area (Å²) in [7, 11) is 4.18. The average molecular weight is 241 g/mol. The fourth-order valence-corrected chi connectivity index (χ4v) is 2.56. The molecule has 1 aliphatic rings. The second kappa shape index (κ2) is 6.36. The van der Waals surface area contributed by atoms with Crippen LogP contribution in [0.5, 0.6) is 0 Å². The Kier molecular flexibility index (Phi) is 5.40. The van der Waals surface area contributed by atoms with E-state index in [0.29, 0.717) is 24.3 Å². The summed E-state index contributed by atoms with van der Waals surface area (Å²) < 4.78 is 0. The van der Waals surface area contributed by atoms with Crippen LogP contribution in [-0.4, -0.2) is 55.0 Å². The zero-order valence-electron chi connectivity index (χ0n) is 11.6. The molecule has 1 saturated heterocycles. The highest BCUT2D eigenvalue weighted by molar-refractivity contribution is 5.76. The number of likely N-dealkylation sites (N-methyl/N-ethyl adjacent to an activating group) is 1. The maximum atomic E-state index is 12.0. The minimum absolute atomic E-state index is 0.204. The summed E-state index contributed by atoms with van der Waals surface area (Å²) in [5, 5.41) is 0. The third-order valence-electron chi connectivity index (χ3n) is 3.64. The lowest BCUT2D eigenvalue weighted by molar-refractivity contribution is -0.130. The first-order valence-electron chi connectivity index (χ1n) is 6.61. The van der Waals surface area contributed by atoms with Crippen molar-refractivity contribution in [2.45, 2.75) is 45.2 Å². The molecule has 2 N–H and O–H groups in total. The number of hydrogen-bond donors (Lipinski definition) is 1. The maximum Gasteiger partial charge on any atom is 0.222 e. The van der Waals surface area contributed by atoms with Gasteiger partial charge in [-0.3, -0.25) is 4.79 Å². The van der Waals surface area contributed by atoms with Crippen molar-refractivity contribution in [3.8, 4) is 0 Å². The smallest absolute Gasteiger partial charge is 0.222 e. The number of nitrogens with zero attached hydrogens (tertiary/aromatic N) is 2. The molecule has 1 fully saturated rings. The molecule has 0 aliphatic carbocycles. The van der Waals surface area contributed by atoms with Crippen LogP contribution < -0.4 is 5.73 Å². The van der Waals surface area contributed by atoms with E-state index >= 15 is 0 Å². The first-order valence-corrected chi connectivity index (χ1v) is 6.61. The fourth-order valence-electron chi connectivity index (χ4n) is 2.56. The Labute approximate surface area is 105 Å². The number of nitrogens with two attached hydrogens (primary N) is 1. The zero-order chi connectivity index (χ0) is 13.0. The van der Waals surface area contributed by atoms with E-state index in [2.05, 4.69) is 25.9 Å². The van der Waals surface area contributed by atoms with E-state index in [1.165, 1.54) is 0 Å². The van der Waals surface area contributed by atoms with E-state index in [1.807, 2.05) is 11.8 Å². The number of rotatable bonds is 5. The molecule has 3 atom stereocenters. The Hall–Kier alpha value is -0.610. The van der Waals surface area contributed by atoms with Crippen LogP contribution in [-0.2, 0) is 4.79 Å². The Bertz CT molecular complexity index is 253. The molecule has 3 unspecified atom stereocenters. The second-order valence-corrected chi connectivity index (χ2v) is 5.68. The van der Waals surface area contributed by atoms with Gasteiger partial charge in [0, 0.05) is 31.6 Å². The highest BCUT2D eigenvalue weighted by Gasteiger charge is 2.33. The van der Waals surface area contributed by atoms with E-state index in [-0.39, 0.29) is 6.04 Å². The number of amides is 1. The summed E-state index contributed by atoms with van der Waals surface area (Å²) in [5.74, 6) is 0.865. The van der Waals surface area contributed by atoms with Gasteiger partial charge in [-0.25, -0.2) is 0 Å². The number of hydrogen-bond acceptors (Lipinski definition) is 3. The Morgan fingerprint density at radius 3 is 2.59 bits per heavy atom. The van der Waals surface area contributed by atoms with E-state index in [0.717, 1.165) is 25.9 Å². The van der Waals surface area contributed by atoms with Crippen LogP contribution in [0.4, 0.5) is 0 Å². The van der Waals surface area contributed by atoms with Crippen molar-refractivity contribution < 1.29 is 4.79 Å². The van der Waals surface area contributed by atoms with Gasteiger partial charge in [-0.2, -0.15) is 0 Å². The van der Waals surface area contributed by atoms with Crippen molar-refractivity contribution in [2.24, 2.45) is 11.7 Å². The van der Waals surface area contributed by atoms with Gasteiger partial charge in [-0.05, 0) is 39.8 Å². The minimum atomic E-state index is 0.204. The minimum Gasteiger partial charge on any atom is -0.341 e. The van der Waals surface area contributed by atoms with Crippen molar-refractivity contribution in [3.63, 3.8) is 0 Å². The molecule has 1 rings (SSSR count). The molecule has 0 aromatic heterocycles. The Balaban J connectivity index is 2.34. The predicted octanol–water partition coefficient (Wildman–Crippen LogP) is 0.912. The van der Waals surface area contributed by atoms with Crippen LogP contribution in [0, 0.1) is 5.92 Å². The van der Waals surface area contributed by atoms with Crippen LogP contribution in [0.2, 0.25) is 0 Å². The molecular formula is C13H27N3O. The molecule has 100 valence electrons. The standard InChI is InChI=1S/C13H27N3O/c1-10-8-16(9-12(10)15(3)4)13(17)7-5-6-11(2)14/h10-12H,5-9,14H2,1-4H3. The third kappa shape index (κ3) is 4.28. The topological polar surface area (TPSA) is 49.6 Å². The highest BCUT2D eigenvalue weighted by atomic mass is 16.2. The van der Waals surface area contributed by atoms with Crippen LogP contribution in [0.25, 0.3) is 0 Å². The molecule has 0 spiro atoms. The summed E-state index contributed by atoms with van der Waals surface area (Å²) in [6.07, 6.45) is 2.49. The van der Waals surface area contributed by atoms with Gasteiger partial charge in [0.1, 0.15) is 0 Å². The quantitative estimate of drug-likeness (QED) is 0.778. The van der Waals surface area contributed by atoms with Gasteiger partial charge in [0.15, 0.2) is 0 Å². The van der Waals surface area contributed by atoms with E-state index < -0.39 is 0 Å². The number of carbonyl (C=O) groups is 1. The van der Waals surface area contributed by atoms with E-state index in [1.54, 1.807) is 0 Å². The molecule has 0 bridgehead atoms. The van der Waals surface area contributed by atoms with Gasteiger partial charge in [0.2, 0.25) is 5.91 Å². The predicted molar refractivity (Wildman–Crippen MR) is 70.7 cm³/mol. The number of carbonyl (C=O) groups excluding carboxylic acids is 1. The van der Waals surface area contributed by atoms with Gasteiger partial charge in [0.25, 0.3) is 0 Å². The number of likely N-dealkylation sites (tertiary alicyclic amines) is 1. The summed E-state index contributed by atoms with van der Waals surface area (Å²) in [6.45, 7) is 6.00. The molecule has 1 aliphatic heterocycles. The molecular weight excluding hydrogens is 214 g/mol.